The number of aliphatic hydroxyl groups is 1. The summed E-state index contributed by atoms with van der Waals surface area (Å²) in [6.45, 7) is 9.39. The van der Waals surface area contributed by atoms with Crippen molar-refractivity contribution >= 4 is 11.8 Å². The van der Waals surface area contributed by atoms with Gasteiger partial charge in [0.2, 0.25) is 5.91 Å². The largest absolute Gasteiger partial charge is 0.379 e. The fourth-order valence-corrected chi connectivity index (χ4v) is 3.36. The van der Waals surface area contributed by atoms with Crippen LogP contribution in [-0.2, 0) is 16.1 Å². The van der Waals surface area contributed by atoms with E-state index < -0.39 is 5.60 Å². The van der Waals surface area contributed by atoms with Crippen LogP contribution in [0.2, 0.25) is 0 Å². The second-order valence-corrected chi connectivity index (χ2v) is 8.08. The topological polar surface area (TPSA) is 81.7 Å². The molecule has 0 saturated carbocycles. The molecular formula is C21H33N3O3. The van der Waals surface area contributed by atoms with E-state index in [1.807, 2.05) is 26.0 Å². The number of amides is 2. The Hall–Kier alpha value is -1.92. The third-order valence-electron chi connectivity index (χ3n) is 4.88. The maximum absolute atomic E-state index is 12.8. The van der Waals surface area contributed by atoms with Crippen molar-refractivity contribution in [3.05, 3.63) is 35.4 Å². The molecule has 6 heteroatoms. The van der Waals surface area contributed by atoms with Crippen molar-refractivity contribution in [3.8, 4) is 0 Å². The van der Waals surface area contributed by atoms with Gasteiger partial charge in [0.25, 0.3) is 5.91 Å². The molecule has 0 radical (unpaired) electrons. The van der Waals surface area contributed by atoms with Crippen LogP contribution in [0.5, 0.6) is 0 Å². The van der Waals surface area contributed by atoms with E-state index in [0.717, 1.165) is 12.0 Å². The minimum atomic E-state index is -1.45. The molecule has 2 rings (SSSR count). The van der Waals surface area contributed by atoms with Crippen LogP contribution < -0.4 is 10.6 Å². The number of hydrogen-bond acceptors (Lipinski definition) is 4. The van der Waals surface area contributed by atoms with Crippen LogP contribution >= 0.6 is 0 Å². The predicted octanol–water partition coefficient (Wildman–Crippen LogP) is 1.78. The number of benzene rings is 1. The lowest BCUT2D eigenvalue weighted by Crippen LogP contribution is -2.58. The molecule has 6 nitrogen and oxygen atoms in total. The summed E-state index contributed by atoms with van der Waals surface area (Å²) in [6.07, 6.45) is 1.15. The van der Waals surface area contributed by atoms with Gasteiger partial charge in [0.15, 0.2) is 5.60 Å². The Morgan fingerprint density at radius 3 is 2.48 bits per heavy atom. The molecule has 1 saturated heterocycles. The van der Waals surface area contributed by atoms with E-state index in [1.165, 1.54) is 5.56 Å². The number of carbonyl (C=O) groups excluding carboxylic acids is 2. The van der Waals surface area contributed by atoms with E-state index in [0.29, 0.717) is 25.4 Å². The lowest BCUT2D eigenvalue weighted by Gasteiger charge is -2.38. The van der Waals surface area contributed by atoms with Crippen LogP contribution in [0.15, 0.2) is 24.3 Å². The van der Waals surface area contributed by atoms with Gasteiger partial charge in [-0.3, -0.25) is 9.59 Å². The molecule has 0 bridgehead atoms. The summed E-state index contributed by atoms with van der Waals surface area (Å²) in [5.74, 6) is 0.0668. The lowest BCUT2D eigenvalue weighted by atomic mass is 9.91. The second-order valence-electron chi connectivity index (χ2n) is 8.08. The lowest BCUT2D eigenvalue weighted by molar-refractivity contribution is -0.157. The quantitative estimate of drug-likeness (QED) is 0.647. The highest BCUT2D eigenvalue weighted by atomic mass is 16.3. The van der Waals surface area contributed by atoms with Crippen LogP contribution in [0.3, 0.4) is 0 Å². The van der Waals surface area contributed by atoms with Crippen molar-refractivity contribution in [2.45, 2.75) is 64.6 Å². The zero-order valence-corrected chi connectivity index (χ0v) is 16.9. The van der Waals surface area contributed by atoms with Crippen LogP contribution in [-0.4, -0.2) is 53.1 Å². The monoisotopic (exact) mass is 375 g/mol. The molecule has 1 aliphatic heterocycles. The third-order valence-corrected chi connectivity index (χ3v) is 4.88. The molecule has 0 aromatic heterocycles. The number of rotatable bonds is 8. The van der Waals surface area contributed by atoms with Gasteiger partial charge in [-0.1, -0.05) is 38.1 Å². The van der Waals surface area contributed by atoms with Crippen molar-refractivity contribution < 1.29 is 14.7 Å². The third kappa shape index (κ3) is 6.04. The van der Waals surface area contributed by atoms with Gasteiger partial charge in [-0.05, 0) is 43.7 Å². The van der Waals surface area contributed by atoms with Gasteiger partial charge in [0.05, 0.1) is 6.54 Å². The van der Waals surface area contributed by atoms with E-state index >= 15 is 0 Å². The Morgan fingerprint density at radius 1 is 1.22 bits per heavy atom. The Bertz CT molecular complexity index is 643. The molecule has 2 amide bonds. The van der Waals surface area contributed by atoms with Gasteiger partial charge >= 0.3 is 0 Å². The van der Waals surface area contributed by atoms with Crippen LogP contribution in [0.25, 0.3) is 0 Å². The molecule has 27 heavy (non-hydrogen) atoms. The first-order valence-corrected chi connectivity index (χ1v) is 9.82. The number of piperidine rings is 1. The van der Waals surface area contributed by atoms with E-state index in [4.69, 9.17) is 0 Å². The molecule has 3 N–H and O–H groups in total. The predicted molar refractivity (Wildman–Crippen MR) is 106 cm³/mol. The second kappa shape index (κ2) is 9.33. The Balaban J connectivity index is 1.92. The Labute approximate surface area is 162 Å². The number of nitrogens with zero attached hydrogens (tertiary/aromatic N) is 1. The van der Waals surface area contributed by atoms with Crippen LogP contribution in [0, 0.1) is 0 Å². The van der Waals surface area contributed by atoms with E-state index in [-0.39, 0.29) is 30.9 Å². The van der Waals surface area contributed by atoms with Crippen molar-refractivity contribution in [1.82, 2.24) is 15.5 Å². The zero-order valence-electron chi connectivity index (χ0n) is 16.9. The van der Waals surface area contributed by atoms with Crippen molar-refractivity contribution in [2.24, 2.45) is 0 Å². The van der Waals surface area contributed by atoms with Gasteiger partial charge in [-0.25, -0.2) is 0 Å². The highest BCUT2D eigenvalue weighted by molar-refractivity contribution is 5.86. The van der Waals surface area contributed by atoms with Crippen molar-refractivity contribution in [3.63, 3.8) is 0 Å². The van der Waals surface area contributed by atoms with Gasteiger partial charge in [0.1, 0.15) is 0 Å². The maximum atomic E-state index is 12.8. The van der Waals surface area contributed by atoms with Crippen molar-refractivity contribution in [1.29, 1.82) is 0 Å². The molecular weight excluding hydrogens is 342 g/mol. The summed E-state index contributed by atoms with van der Waals surface area (Å²) in [6, 6.07) is 8.34. The minimum Gasteiger partial charge on any atom is -0.379 e. The summed E-state index contributed by atoms with van der Waals surface area (Å²) in [5, 5.41) is 16.5. The summed E-state index contributed by atoms with van der Waals surface area (Å²) < 4.78 is 0. The number of likely N-dealkylation sites (tertiary alicyclic amines) is 1. The maximum Gasteiger partial charge on any atom is 0.256 e. The fourth-order valence-electron chi connectivity index (χ4n) is 3.36. The molecule has 1 fully saturated rings. The fraction of sp³-hybridized carbons (Fsp3) is 0.619. The summed E-state index contributed by atoms with van der Waals surface area (Å²) >= 11 is 0. The van der Waals surface area contributed by atoms with Crippen molar-refractivity contribution in [2.75, 3.05) is 19.6 Å². The smallest absolute Gasteiger partial charge is 0.256 e. The van der Waals surface area contributed by atoms with Gasteiger partial charge in [0, 0.05) is 25.7 Å². The average Bonchev–Trinajstić information content (AvgIpc) is 2.59. The molecule has 0 spiro atoms. The molecule has 1 aromatic rings. The van der Waals surface area contributed by atoms with Crippen LogP contribution in [0.4, 0.5) is 0 Å². The first-order chi connectivity index (χ1) is 12.7. The minimum absolute atomic E-state index is 0.0660. The van der Waals surface area contributed by atoms with Gasteiger partial charge in [-0.2, -0.15) is 0 Å². The summed E-state index contributed by atoms with van der Waals surface area (Å²) in [4.78, 5) is 26.2. The van der Waals surface area contributed by atoms with Gasteiger partial charge in [-0.15, -0.1) is 0 Å². The Morgan fingerprint density at radius 2 is 1.89 bits per heavy atom. The SMILES string of the molecule is CC(C)NC(=O)CNC[C@@]1(O)CCCN(Cc2ccc(C(C)C)cc2)C1=O. The molecule has 1 aliphatic rings. The molecule has 1 aromatic carbocycles. The number of carbonyl (C=O) groups is 2. The van der Waals surface area contributed by atoms with E-state index in [1.54, 1.807) is 4.90 Å². The summed E-state index contributed by atoms with van der Waals surface area (Å²) in [5.41, 5.74) is 0.874. The molecule has 1 atom stereocenters. The molecule has 1 heterocycles. The number of hydrogen-bond donors (Lipinski definition) is 3. The van der Waals surface area contributed by atoms with Crippen LogP contribution in [0.1, 0.15) is 57.6 Å². The molecule has 150 valence electrons. The molecule has 0 aliphatic carbocycles. The molecule has 0 unspecified atom stereocenters. The average molecular weight is 376 g/mol. The van der Waals surface area contributed by atoms with E-state index in [9.17, 15) is 14.7 Å². The number of nitrogens with one attached hydrogen (secondary N) is 2. The standard InChI is InChI=1S/C21H33N3O3/c1-15(2)18-8-6-17(7-9-18)13-24-11-5-10-21(27,20(24)26)14-22-12-19(25)23-16(3)4/h6-9,15-16,22,27H,5,10-14H2,1-4H3,(H,23,25)/t21-/m0/s1. The highest BCUT2D eigenvalue weighted by Crippen LogP contribution is 2.24. The zero-order chi connectivity index (χ0) is 20.0. The highest BCUT2D eigenvalue weighted by Gasteiger charge is 2.41. The Kier molecular flexibility index (Phi) is 7.39. The normalized spacial score (nSPS) is 20.4. The summed E-state index contributed by atoms with van der Waals surface area (Å²) in [7, 11) is 0. The van der Waals surface area contributed by atoms with E-state index in [2.05, 4.69) is 36.6 Å². The first kappa shape index (κ1) is 21.4. The first-order valence-electron chi connectivity index (χ1n) is 9.82. The van der Waals surface area contributed by atoms with Gasteiger partial charge < -0.3 is 20.6 Å².